The first-order chi connectivity index (χ1) is 31.9. The molecule has 0 spiro atoms. The molecule has 0 fully saturated rings. The van der Waals surface area contributed by atoms with Crippen molar-refractivity contribution in [3.05, 3.63) is 222 Å². The summed E-state index contributed by atoms with van der Waals surface area (Å²) in [6.45, 7) is 16.4. The number of hydrogen-bond acceptors (Lipinski definition) is 2. The number of thiophene rings is 1. The fourth-order valence-electron chi connectivity index (χ4n) is 11.4. The van der Waals surface area contributed by atoms with Gasteiger partial charge in [-0.25, -0.2) is 0 Å². The maximum absolute atomic E-state index is 2.54. The average Bonchev–Trinajstić information content (AvgIpc) is 3.91. The minimum Gasteiger partial charge on any atom is -0.310 e. The highest BCUT2D eigenvalue weighted by atomic mass is 32.1. The Balaban J connectivity index is 1.00. The first-order valence-electron chi connectivity index (χ1n) is 23.4. The van der Waals surface area contributed by atoms with E-state index in [1.165, 1.54) is 109 Å². The van der Waals surface area contributed by atoms with Crippen molar-refractivity contribution in [1.82, 2.24) is 0 Å². The zero-order valence-electron chi connectivity index (χ0n) is 38.8. The molecule has 12 rings (SSSR count). The van der Waals surface area contributed by atoms with Crippen molar-refractivity contribution in [2.24, 2.45) is 0 Å². The number of para-hydroxylation sites is 1. The first kappa shape index (κ1) is 40.5. The minimum atomic E-state index is -0.206. The van der Waals surface area contributed by atoms with Crippen LogP contribution in [0.15, 0.2) is 194 Å². The average molecular weight is 868 g/mol. The van der Waals surface area contributed by atoms with Crippen LogP contribution in [0.3, 0.4) is 0 Å². The van der Waals surface area contributed by atoms with Crippen molar-refractivity contribution < 1.29 is 0 Å². The van der Waals surface area contributed by atoms with Gasteiger partial charge in [0.15, 0.2) is 0 Å². The van der Waals surface area contributed by atoms with Gasteiger partial charge in [-0.2, -0.15) is 0 Å². The lowest BCUT2D eigenvalue weighted by atomic mass is 9.81. The van der Waals surface area contributed by atoms with Gasteiger partial charge in [0.25, 0.3) is 0 Å². The Labute approximate surface area is 393 Å². The normalized spacial score (nSPS) is 14.2. The number of fused-ring (bicyclic) bond motifs is 9. The van der Waals surface area contributed by atoms with E-state index in [9.17, 15) is 0 Å². The van der Waals surface area contributed by atoms with Crippen molar-refractivity contribution in [3.8, 4) is 55.6 Å². The summed E-state index contributed by atoms with van der Waals surface area (Å²) in [5.41, 5.74) is 22.8. The Kier molecular flexibility index (Phi) is 9.06. The van der Waals surface area contributed by atoms with E-state index in [4.69, 9.17) is 0 Å². The van der Waals surface area contributed by atoms with Gasteiger partial charge in [0.05, 0.1) is 11.4 Å². The van der Waals surface area contributed by atoms with Gasteiger partial charge in [-0.3, -0.25) is 0 Å². The minimum absolute atomic E-state index is 0.123. The summed E-state index contributed by atoms with van der Waals surface area (Å²) in [5.74, 6) is 0. The molecule has 2 aliphatic rings. The molecule has 2 heteroatoms. The Bertz CT molecular complexity index is 3560. The van der Waals surface area contributed by atoms with Crippen LogP contribution in [-0.2, 0) is 16.2 Å². The van der Waals surface area contributed by atoms with E-state index < -0.39 is 0 Å². The third-order valence-electron chi connectivity index (χ3n) is 14.9. The third kappa shape index (κ3) is 6.19. The summed E-state index contributed by atoms with van der Waals surface area (Å²) in [6.07, 6.45) is 0. The van der Waals surface area contributed by atoms with Crippen LogP contribution in [0, 0.1) is 0 Å². The van der Waals surface area contributed by atoms with Crippen LogP contribution < -0.4 is 4.90 Å². The van der Waals surface area contributed by atoms with E-state index >= 15 is 0 Å². The summed E-state index contributed by atoms with van der Waals surface area (Å²) in [4.78, 5) is 2.54. The van der Waals surface area contributed by atoms with Crippen LogP contribution in [-0.4, -0.2) is 0 Å². The van der Waals surface area contributed by atoms with Crippen LogP contribution in [0.25, 0.3) is 75.8 Å². The van der Waals surface area contributed by atoms with Crippen molar-refractivity contribution in [3.63, 3.8) is 0 Å². The number of hydrogen-bond donors (Lipinski definition) is 0. The van der Waals surface area contributed by atoms with Crippen molar-refractivity contribution >= 4 is 48.6 Å². The molecular weight excluding hydrogens is 815 g/mol. The monoisotopic (exact) mass is 867 g/mol. The number of rotatable bonds is 6. The molecule has 0 atom stereocenters. The fraction of sp³-hybridized carbons (Fsp3) is 0.156. The van der Waals surface area contributed by atoms with Crippen LogP contribution in [0.5, 0.6) is 0 Å². The lowest BCUT2D eigenvalue weighted by Gasteiger charge is -2.33. The highest BCUT2D eigenvalue weighted by molar-refractivity contribution is 7.26. The lowest BCUT2D eigenvalue weighted by Crippen LogP contribution is -2.21. The van der Waals surface area contributed by atoms with E-state index in [1.54, 1.807) is 0 Å². The van der Waals surface area contributed by atoms with Crippen molar-refractivity contribution in [1.29, 1.82) is 0 Å². The molecule has 10 aromatic rings. The number of nitrogens with zero attached hydrogens (tertiary/aromatic N) is 1. The van der Waals surface area contributed by atoms with E-state index in [1.807, 2.05) is 11.3 Å². The summed E-state index contributed by atoms with van der Waals surface area (Å²) < 4.78 is 2.66. The molecule has 66 heavy (non-hydrogen) atoms. The fourth-order valence-corrected chi connectivity index (χ4v) is 12.6. The molecule has 1 nitrogen and oxygen atoms in total. The molecule has 0 unspecified atom stereocenters. The Morgan fingerprint density at radius 2 is 0.985 bits per heavy atom. The zero-order chi connectivity index (χ0) is 45.1. The molecule has 2 aliphatic carbocycles. The molecular formula is C64H53NS. The van der Waals surface area contributed by atoms with E-state index in [-0.39, 0.29) is 16.2 Å². The highest BCUT2D eigenvalue weighted by Gasteiger charge is 2.40. The maximum Gasteiger partial charge on any atom is 0.0540 e. The lowest BCUT2D eigenvalue weighted by molar-refractivity contribution is 0.590. The van der Waals surface area contributed by atoms with Gasteiger partial charge in [0.1, 0.15) is 0 Å². The van der Waals surface area contributed by atoms with E-state index in [2.05, 4.69) is 247 Å². The first-order valence-corrected chi connectivity index (χ1v) is 24.2. The van der Waals surface area contributed by atoms with Crippen LogP contribution in [0.1, 0.15) is 76.3 Å². The van der Waals surface area contributed by atoms with E-state index in [0.29, 0.717) is 0 Å². The SMILES string of the molecule is CC(C)(C)c1ccc(-c2ccc3c(c2)C(C)(C)c2ccc(-c4ccccc4N(c4ccc(-c5cccc6c5sc5ccccc56)cc4)c4cccc5c4C(C)(C)c4ccccc4-5)cc2-3)cc1. The summed E-state index contributed by atoms with van der Waals surface area (Å²) in [6, 6.07) is 73.3. The summed E-state index contributed by atoms with van der Waals surface area (Å²) >= 11 is 1.89. The molecule has 1 aromatic heterocycles. The maximum atomic E-state index is 2.54. The smallest absolute Gasteiger partial charge is 0.0540 e. The number of benzene rings is 9. The molecule has 0 radical (unpaired) electrons. The molecule has 0 amide bonds. The van der Waals surface area contributed by atoms with Gasteiger partial charge >= 0.3 is 0 Å². The van der Waals surface area contributed by atoms with Crippen molar-refractivity contribution in [2.45, 2.75) is 64.7 Å². The van der Waals surface area contributed by atoms with Crippen molar-refractivity contribution in [2.75, 3.05) is 4.90 Å². The topological polar surface area (TPSA) is 3.24 Å². The number of anilines is 3. The van der Waals surface area contributed by atoms with Crippen LogP contribution >= 0.6 is 11.3 Å². The molecule has 320 valence electrons. The summed E-state index contributed by atoms with van der Waals surface area (Å²) in [7, 11) is 0. The van der Waals surface area contributed by atoms with Gasteiger partial charge < -0.3 is 4.90 Å². The molecule has 0 N–H and O–H groups in total. The van der Waals surface area contributed by atoms with E-state index in [0.717, 1.165) is 11.4 Å². The largest absolute Gasteiger partial charge is 0.310 e. The predicted molar refractivity (Wildman–Crippen MR) is 284 cm³/mol. The van der Waals surface area contributed by atoms with Crippen LogP contribution in [0.2, 0.25) is 0 Å². The Morgan fingerprint density at radius 1 is 0.394 bits per heavy atom. The van der Waals surface area contributed by atoms with Gasteiger partial charge in [-0.15, -0.1) is 11.3 Å². The molecule has 9 aromatic carbocycles. The standard InChI is InChI=1S/C64H53NS/c1-62(2,3)44-32-26-40(27-33-44)42-30-36-49-53-38-43(31-37-55(53)63(4,5)56(49)39-42)46-16-9-12-23-57(46)65(58-24-15-20-51-48-17-8-11-22-54(48)64(6,7)60(51)58)45-34-28-41(29-35-45)47-19-14-21-52-50-18-10-13-25-59(50)66-61(47)52/h8-39H,1-7H3. The molecule has 0 saturated carbocycles. The quantitative estimate of drug-likeness (QED) is 0.161. The Hall–Kier alpha value is -7.00. The molecule has 1 heterocycles. The van der Waals surface area contributed by atoms with Gasteiger partial charge in [-0.05, 0) is 126 Å². The van der Waals surface area contributed by atoms with Gasteiger partial charge in [-0.1, -0.05) is 200 Å². The second kappa shape index (κ2) is 14.8. The zero-order valence-corrected chi connectivity index (χ0v) is 39.6. The molecule has 0 bridgehead atoms. The second-order valence-corrected chi connectivity index (χ2v) is 21.6. The summed E-state index contributed by atoms with van der Waals surface area (Å²) in [5, 5.41) is 2.65. The Morgan fingerprint density at radius 3 is 1.79 bits per heavy atom. The second-order valence-electron chi connectivity index (χ2n) is 20.5. The molecule has 0 aliphatic heterocycles. The van der Waals surface area contributed by atoms with Crippen LogP contribution in [0.4, 0.5) is 17.1 Å². The van der Waals surface area contributed by atoms with Gasteiger partial charge in [0.2, 0.25) is 0 Å². The third-order valence-corrected chi connectivity index (χ3v) is 16.1. The molecule has 0 saturated heterocycles. The predicted octanol–water partition coefficient (Wildman–Crippen LogP) is 18.4. The highest BCUT2D eigenvalue weighted by Crippen LogP contribution is 2.56. The van der Waals surface area contributed by atoms with Gasteiger partial charge in [0, 0.05) is 42.3 Å².